The van der Waals surface area contributed by atoms with Gasteiger partial charge in [-0.25, -0.2) is 0 Å². The first-order valence-electron chi connectivity index (χ1n) is 11.0. The van der Waals surface area contributed by atoms with Gasteiger partial charge in [0.15, 0.2) is 0 Å². The van der Waals surface area contributed by atoms with Crippen LogP contribution in [0.5, 0.6) is 5.75 Å². The molecule has 0 bridgehead atoms. The molecule has 4 heteroatoms. The van der Waals surface area contributed by atoms with Crippen LogP contribution in [0.2, 0.25) is 0 Å². The van der Waals surface area contributed by atoms with Crippen molar-refractivity contribution in [3.8, 4) is 5.75 Å². The number of nitrogens with one attached hydrogen (secondary N) is 1. The predicted octanol–water partition coefficient (Wildman–Crippen LogP) is 6.05. The second kappa shape index (κ2) is 8.84. The largest absolute Gasteiger partial charge is 0.493 e. The Labute approximate surface area is 184 Å². The van der Waals surface area contributed by atoms with Gasteiger partial charge < -0.3 is 15.0 Å². The number of hydrogen-bond acceptors (Lipinski definition) is 3. The Balaban J connectivity index is 1.75. The Kier molecular flexibility index (Phi) is 5.99. The Morgan fingerprint density at radius 2 is 1.61 bits per heavy atom. The van der Waals surface area contributed by atoms with Crippen molar-refractivity contribution >= 4 is 11.6 Å². The molecule has 0 aliphatic carbocycles. The number of fused-ring (bicyclic) bond motifs is 1. The molecule has 0 fully saturated rings. The maximum absolute atomic E-state index is 13.7. The molecule has 1 unspecified atom stereocenters. The SMILES string of the molecule is CCC1(c2ccc(OCC(C)C)cc2)Nc2ccccc2C(=O)N1Cc1ccccc1. The number of anilines is 1. The van der Waals surface area contributed by atoms with Gasteiger partial charge in [-0.3, -0.25) is 4.79 Å². The number of nitrogens with zero attached hydrogens (tertiary/aromatic N) is 1. The highest BCUT2D eigenvalue weighted by atomic mass is 16.5. The van der Waals surface area contributed by atoms with Gasteiger partial charge in [-0.15, -0.1) is 0 Å². The summed E-state index contributed by atoms with van der Waals surface area (Å²) in [7, 11) is 0. The van der Waals surface area contributed by atoms with Crippen LogP contribution >= 0.6 is 0 Å². The smallest absolute Gasteiger partial charge is 0.258 e. The molecule has 0 radical (unpaired) electrons. The summed E-state index contributed by atoms with van der Waals surface area (Å²) in [4.78, 5) is 15.6. The molecule has 160 valence electrons. The van der Waals surface area contributed by atoms with E-state index in [-0.39, 0.29) is 5.91 Å². The summed E-state index contributed by atoms with van der Waals surface area (Å²) in [5, 5.41) is 3.71. The van der Waals surface area contributed by atoms with Crippen LogP contribution in [0.4, 0.5) is 5.69 Å². The average molecular weight is 415 g/mol. The van der Waals surface area contributed by atoms with Crippen LogP contribution in [0.1, 0.15) is 48.7 Å². The molecular weight excluding hydrogens is 384 g/mol. The number of amides is 1. The van der Waals surface area contributed by atoms with Crippen molar-refractivity contribution in [3.05, 3.63) is 95.6 Å². The van der Waals surface area contributed by atoms with E-state index in [2.05, 4.69) is 50.4 Å². The van der Waals surface area contributed by atoms with E-state index in [1.165, 1.54) is 0 Å². The lowest BCUT2D eigenvalue weighted by atomic mass is 9.89. The summed E-state index contributed by atoms with van der Waals surface area (Å²) in [5.41, 5.74) is 3.09. The quantitative estimate of drug-likeness (QED) is 0.511. The average Bonchev–Trinajstić information content (AvgIpc) is 2.80. The summed E-state index contributed by atoms with van der Waals surface area (Å²) in [6, 6.07) is 26.1. The highest BCUT2D eigenvalue weighted by Crippen LogP contribution is 2.41. The van der Waals surface area contributed by atoms with E-state index in [9.17, 15) is 4.79 Å². The summed E-state index contributed by atoms with van der Waals surface area (Å²) in [6.07, 6.45) is 0.728. The zero-order valence-corrected chi connectivity index (χ0v) is 18.5. The summed E-state index contributed by atoms with van der Waals surface area (Å²) < 4.78 is 5.88. The fraction of sp³-hybridized carbons (Fsp3) is 0.296. The summed E-state index contributed by atoms with van der Waals surface area (Å²) in [5.74, 6) is 1.36. The highest BCUT2D eigenvalue weighted by molar-refractivity contribution is 6.02. The number of benzene rings is 3. The van der Waals surface area contributed by atoms with Crippen LogP contribution in [-0.2, 0) is 12.2 Å². The van der Waals surface area contributed by atoms with Gasteiger partial charge in [-0.2, -0.15) is 0 Å². The van der Waals surface area contributed by atoms with Crippen LogP contribution in [0.25, 0.3) is 0 Å². The number of hydrogen-bond donors (Lipinski definition) is 1. The lowest BCUT2D eigenvalue weighted by Gasteiger charge is -2.48. The van der Waals surface area contributed by atoms with Gasteiger partial charge in [-0.1, -0.05) is 75.4 Å². The van der Waals surface area contributed by atoms with Gasteiger partial charge in [-0.05, 0) is 47.7 Å². The standard InChI is InChI=1S/C27H30N2O2/c1-4-27(22-14-16-23(17-15-22)31-19-20(2)3)28-25-13-9-8-12-24(25)26(30)29(27)18-21-10-6-5-7-11-21/h5-17,20,28H,4,18-19H2,1-3H3. The van der Waals surface area contributed by atoms with Crippen LogP contribution in [0.3, 0.4) is 0 Å². The molecule has 1 aliphatic heterocycles. The first kappa shape index (κ1) is 21.0. The molecule has 4 rings (SSSR count). The zero-order valence-electron chi connectivity index (χ0n) is 18.5. The predicted molar refractivity (Wildman–Crippen MR) is 125 cm³/mol. The second-order valence-electron chi connectivity index (χ2n) is 8.49. The Morgan fingerprint density at radius 1 is 0.935 bits per heavy atom. The van der Waals surface area contributed by atoms with E-state index in [0.717, 1.165) is 29.0 Å². The maximum atomic E-state index is 13.7. The van der Waals surface area contributed by atoms with Crippen LogP contribution in [0.15, 0.2) is 78.9 Å². The third-order valence-electron chi connectivity index (χ3n) is 5.82. The first-order valence-corrected chi connectivity index (χ1v) is 11.0. The van der Waals surface area contributed by atoms with Crippen molar-refractivity contribution in [2.75, 3.05) is 11.9 Å². The lowest BCUT2D eigenvalue weighted by Crippen LogP contribution is -2.56. The summed E-state index contributed by atoms with van der Waals surface area (Å²) in [6.45, 7) is 7.60. The third-order valence-corrected chi connectivity index (χ3v) is 5.82. The fourth-order valence-electron chi connectivity index (χ4n) is 4.16. The topological polar surface area (TPSA) is 41.6 Å². The van der Waals surface area contributed by atoms with Crippen molar-refractivity contribution in [1.29, 1.82) is 0 Å². The van der Waals surface area contributed by atoms with Crippen molar-refractivity contribution in [2.24, 2.45) is 5.92 Å². The number of rotatable bonds is 7. The van der Waals surface area contributed by atoms with Crippen LogP contribution in [0, 0.1) is 5.92 Å². The van der Waals surface area contributed by atoms with E-state index in [4.69, 9.17) is 4.74 Å². The monoisotopic (exact) mass is 414 g/mol. The van der Waals surface area contributed by atoms with E-state index >= 15 is 0 Å². The molecule has 1 amide bonds. The van der Waals surface area contributed by atoms with E-state index in [1.54, 1.807) is 0 Å². The Bertz CT molecular complexity index is 1030. The van der Waals surface area contributed by atoms with Gasteiger partial charge in [0, 0.05) is 12.2 Å². The van der Waals surface area contributed by atoms with Gasteiger partial charge >= 0.3 is 0 Å². The molecule has 1 N–H and O–H groups in total. The lowest BCUT2D eigenvalue weighted by molar-refractivity contribution is 0.0454. The van der Waals surface area contributed by atoms with Gasteiger partial charge in [0.2, 0.25) is 0 Å². The van der Waals surface area contributed by atoms with E-state index in [0.29, 0.717) is 24.6 Å². The first-order chi connectivity index (χ1) is 15.0. The van der Waals surface area contributed by atoms with Gasteiger partial charge in [0.25, 0.3) is 5.91 Å². The fourth-order valence-corrected chi connectivity index (χ4v) is 4.16. The second-order valence-corrected chi connectivity index (χ2v) is 8.49. The Hall–Kier alpha value is -3.27. The molecule has 1 atom stereocenters. The van der Waals surface area contributed by atoms with Crippen LogP contribution < -0.4 is 10.1 Å². The molecule has 3 aromatic carbocycles. The van der Waals surface area contributed by atoms with Gasteiger partial charge in [0.1, 0.15) is 11.4 Å². The molecule has 0 aromatic heterocycles. The minimum absolute atomic E-state index is 0.0418. The maximum Gasteiger partial charge on any atom is 0.258 e. The number of carbonyl (C=O) groups excluding carboxylic acids is 1. The number of carbonyl (C=O) groups is 1. The molecule has 3 aromatic rings. The normalized spacial score (nSPS) is 17.9. The van der Waals surface area contributed by atoms with Crippen molar-refractivity contribution in [2.45, 2.75) is 39.4 Å². The minimum Gasteiger partial charge on any atom is -0.493 e. The van der Waals surface area contributed by atoms with Crippen molar-refractivity contribution < 1.29 is 9.53 Å². The highest BCUT2D eigenvalue weighted by Gasteiger charge is 2.44. The van der Waals surface area contributed by atoms with Crippen molar-refractivity contribution in [3.63, 3.8) is 0 Å². The van der Waals surface area contributed by atoms with Crippen molar-refractivity contribution in [1.82, 2.24) is 4.90 Å². The summed E-state index contributed by atoms with van der Waals surface area (Å²) >= 11 is 0. The minimum atomic E-state index is -0.641. The molecular formula is C27H30N2O2. The van der Waals surface area contributed by atoms with Crippen LogP contribution in [-0.4, -0.2) is 17.4 Å². The van der Waals surface area contributed by atoms with E-state index in [1.807, 2.05) is 59.5 Å². The zero-order chi connectivity index (χ0) is 21.8. The van der Waals surface area contributed by atoms with E-state index < -0.39 is 5.66 Å². The molecule has 4 nitrogen and oxygen atoms in total. The molecule has 1 aliphatic rings. The Morgan fingerprint density at radius 3 is 2.29 bits per heavy atom. The van der Waals surface area contributed by atoms with Gasteiger partial charge in [0.05, 0.1) is 12.2 Å². The number of para-hydroxylation sites is 1. The molecule has 1 heterocycles. The molecule has 0 saturated carbocycles. The molecule has 0 spiro atoms. The number of ether oxygens (including phenoxy) is 1. The molecule has 0 saturated heterocycles. The third kappa shape index (κ3) is 4.15. The molecule has 31 heavy (non-hydrogen) atoms.